The Morgan fingerprint density at radius 2 is 1.98 bits per heavy atom. The molecular weight excluding hydrogens is 515 g/mol. The van der Waals surface area contributed by atoms with Crippen molar-refractivity contribution < 1.29 is 23.4 Å². The third-order valence-corrected chi connectivity index (χ3v) is 6.36. The van der Waals surface area contributed by atoms with Gasteiger partial charge in [-0.05, 0) is 49.4 Å². The summed E-state index contributed by atoms with van der Waals surface area (Å²) < 4.78 is 30.9. The molecule has 0 atom stereocenters. The van der Waals surface area contributed by atoms with Crippen LogP contribution in [0.25, 0.3) is 22.6 Å². The topological polar surface area (TPSA) is 123 Å². The molecule has 1 amide bonds. The Morgan fingerprint density at radius 3 is 2.70 bits per heavy atom. The van der Waals surface area contributed by atoms with Gasteiger partial charge in [-0.15, -0.1) is 6.58 Å². The molecule has 0 bridgehead atoms. The highest BCUT2D eigenvalue weighted by Crippen LogP contribution is 2.35. The van der Waals surface area contributed by atoms with Gasteiger partial charge in [0.1, 0.15) is 11.6 Å². The van der Waals surface area contributed by atoms with Crippen LogP contribution >= 0.6 is 0 Å². The van der Waals surface area contributed by atoms with Crippen LogP contribution in [0, 0.1) is 11.2 Å². The van der Waals surface area contributed by atoms with Gasteiger partial charge in [-0.25, -0.2) is 19.3 Å². The van der Waals surface area contributed by atoms with Gasteiger partial charge in [0, 0.05) is 30.1 Å². The van der Waals surface area contributed by atoms with E-state index in [4.69, 9.17) is 19.2 Å². The number of carbonyl (C=O) groups is 1. The first-order valence-electron chi connectivity index (χ1n) is 12.6. The van der Waals surface area contributed by atoms with Crippen LogP contribution in [0.15, 0.2) is 73.4 Å². The highest BCUT2D eigenvalue weighted by molar-refractivity contribution is 5.82. The number of nitrogens with one attached hydrogen (secondary N) is 3. The number of ether oxygens (including phenoxy) is 3. The maximum Gasteiger partial charge on any atom is 0.230 e. The van der Waals surface area contributed by atoms with Crippen LogP contribution in [0.2, 0.25) is 0 Å². The SMILES string of the molecule is C=CCNC(=O)C1(C)COC(c2nc(-c3ccc(F)cc3)c(-c3ccnc(Nc4cccc(OC)c4)n3)[nH]2)OC1. The minimum Gasteiger partial charge on any atom is -0.497 e. The monoisotopic (exact) mass is 544 g/mol. The number of carbonyl (C=O) groups excluding carboxylic acids is 1. The molecule has 0 aliphatic carbocycles. The average molecular weight is 545 g/mol. The molecule has 206 valence electrons. The number of hydrogen-bond acceptors (Lipinski definition) is 8. The third kappa shape index (κ3) is 5.85. The second-order valence-corrected chi connectivity index (χ2v) is 9.49. The molecule has 1 fully saturated rings. The molecule has 3 N–H and O–H groups in total. The Kier molecular flexibility index (Phi) is 7.85. The Balaban J connectivity index is 1.44. The first kappa shape index (κ1) is 27.0. The number of aromatic amines is 1. The van der Waals surface area contributed by atoms with Crippen molar-refractivity contribution in [2.45, 2.75) is 13.2 Å². The van der Waals surface area contributed by atoms with Crippen molar-refractivity contribution in [2.24, 2.45) is 5.41 Å². The Bertz CT molecular complexity index is 1500. The second-order valence-electron chi connectivity index (χ2n) is 9.49. The Hall–Kier alpha value is -4.61. The molecule has 0 unspecified atom stereocenters. The maximum absolute atomic E-state index is 13.7. The number of amides is 1. The fourth-order valence-corrected chi connectivity index (χ4v) is 4.17. The van der Waals surface area contributed by atoms with Crippen molar-refractivity contribution in [1.82, 2.24) is 25.3 Å². The summed E-state index contributed by atoms with van der Waals surface area (Å²) in [5.74, 6) is 0.901. The van der Waals surface area contributed by atoms with E-state index >= 15 is 0 Å². The normalized spacial score (nSPS) is 18.6. The number of halogens is 1. The lowest BCUT2D eigenvalue weighted by molar-refractivity contribution is -0.230. The van der Waals surface area contributed by atoms with E-state index in [0.717, 1.165) is 5.69 Å². The third-order valence-electron chi connectivity index (χ3n) is 6.36. The summed E-state index contributed by atoms with van der Waals surface area (Å²) in [7, 11) is 1.60. The molecule has 1 aliphatic rings. The van der Waals surface area contributed by atoms with E-state index in [0.29, 0.717) is 46.7 Å². The van der Waals surface area contributed by atoms with Crippen molar-refractivity contribution in [1.29, 1.82) is 0 Å². The summed E-state index contributed by atoms with van der Waals surface area (Å²) in [5.41, 5.74) is 2.21. The Labute approximate surface area is 230 Å². The molecule has 2 aromatic carbocycles. The largest absolute Gasteiger partial charge is 0.497 e. The van der Waals surface area contributed by atoms with Gasteiger partial charge in [-0.3, -0.25) is 4.79 Å². The molecule has 1 aliphatic heterocycles. The number of anilines is 2. The molecule has 5 rings (SSSR count). The second kappa shape index (κ2) is 11.6. The van der Waals surface area contributed by atoms with Crippen LogP contribution in [0.1, 0.15) is 19.0 Å². The number of methoxy groups -OCH3 is 1. The summed E-state index contributed by atoms with van der Waals surface area (Å²) in [6.07, 6.45) is 2.39. The number of nitrogens with zero attached hydrogens (tertiary/aromatic N) is 3. The molecule has 40 heavy (non-hydrogen) atoms. The molecule has 0 spiro atoms. The van der Waals surface area contributed by atoms with Gasteiger partial charge >= 0.3 is 0 Å². The maximum atomic E-state index is 13.7. The van der Waals surface area contributed by atoms with Crippen molar-refractivity contribution in [2.75, 3.05) is 32.2 Å². The van der Waals surface area contributed by atoms with Gasteiger partial charge in [0.05, 0.1) is 42.8 Å². The number of imidazole rings is 1. The molecule has 10 nitrogen and oxygen atoms in total. The minimum absolute atomic E-state index is 0.130. The molecule has 3 heterocycles. The van der Waals surface area contributed by atoms with Crippen molar-refractivity contribution in [3.05, 3.63) is 85.1 Å². The van der Waals surface area contributed by atoms with Crippen LogP contribution in [-0.4, -0.2) is 52.7 Å². The number of benzene rings is 2. The van der Waals surface area contributed by atoms with Crippen LogP contribution in [0.5, 0.6) is 5.75 Å². The number of aromatic nitrogens is 4. The van der Waals surface area contributed by atoms with E-state index in [1.807, 2.05) is 24.3 Å². The van der Waals surface area contributed by atoms with E-state index in [9.17, 15) is 9.18 Å². The minimum atomic E-state index is -0.859. The average Bonchev–Trinajstić information content (AvgIpc) is 3.42. The molecule has 0 radical (unpaired) electrons. The molecule has 4 aromatic rings. The summed E-state index contributed by atoms with van der Waals surface area (Å²) >= 11 is 0. The van der Waals surface area contributed by atoms with Gasteiger partial charge in [-0.2, -0.15) is 0 Å². The van der Waals surface area contributed by atoms with Crippen molar-refractivity contribution in [3.63, 3.8) is 0 Å². The highest BCUT2D eigenvalue weighted by Gasteiger charge is 2.40. The fourth-order valence-electron chi connectivity index (χ4n) is 4.17. The van der Waals surface area contributed by atoms with E-state index in [2.05, 4.69) is 32.2 Å². The predicted octanol–water partition coefficient (Wildman–Crippen LogP) is 4.78. The lowest BCUT2D eigenvalue weighted by atomic mass is 9.91. The number of H-pyrrole nitrogens is 1. The van der Waals surface area contributed by atoms with Crippen molar-refractivity contribution >= 4 is 17.5 Å². The van der Waals surface area contributed by atoms with E-state index < -0.39 is 11.7 Å². The first-order valence-corrected chi connectivity index (χ1v) is 12.6. The van der Waals surface area contributed by atoms with Crippen LogP contribution in [0.3, 0.4) is 0 Å². The zero-order valence-electron chi connectivity index (χ0n) is 22.1. The molecule has 1 saturated heterocycles. The van der Waals surface area contributed by atoms with Gasteiger partial charge in [0.2, 0.25) is 18.1 Å². The van der Waals surface area contributed by atoms with Crippen LogP contribution in [0.4, 0.5) is 16.0 Å². The number of hydrogen-bond donors (Lipinski definition) is 3. The highest BCUT2D eigenvalue weighted by atomic mass is 19.1. The molecule has 0 saturated carbocycles. The zero-order valence-corrected chi connectivity index (χ0v) is 22.1. The molecule has 2 aromatic heterocycles. The lowest BCUT2D eigenvalue weighted by Gasteiger charge is -2.35. The predicted molar refractivity (Wildman–Crippen MR) is 147 cm³/mol. The van der Waals surface area contributed by atoms with Gasteiger partial charge in [0.15, 0.2) is 5.82 Å². The smallest absolute Gasteiger partial charge is 0.230 e. The summed E-state index contributed by atoms with van der Waals surface area (Å²) in [5, 5.41) is 5.97. The van der Waals surface area contributed by atoms with Gasteiger partial charge in [0.25, 0.3) is 0 Å². The number of rotatable bonds is 9. The quantitative estimate of drug-likeness (QED) is 0.257. The molecular formula is C29H29FN6O4. The summed E-state index contributed by atoms with van der Waals surface area (Å²) in [6, 6.07) is 15.2. The van der Waals surface area contributed by atoms with E-state index in [1.54, 1.807) is 44.5 Å². The molecule has 11 heteroatoms. The lowest BCUT2D eigenvalue weighted by Crippen LogP contribution is -2.48. The standard InChI is InChI=1S/C29H29FN6O4/c1-4-13-31-27(37)29(2)16-39-26(40-17-29)25-35-23(18-8-10-19(30)11-9-18)24(36-25)22-12-14-32-28(34-22)33-20-6-5-7-21(15-20)38-3/h4-12,14-15,26H,1,13,16-17H2,2-3H3,(H,31,37)(H,35,36)(H,32,33,34). The zero-order chi connectivity index (χ0) is 28.1. The fraction of sp³-hybridized carbons (Fsp3) is 0.241. The first-order chi connectivity index (χ1) is 19.4. The van der Waals surface area contributed by atoms with Gasteiger partial charge < -0.3 is 29.8 Å². The van der Waals surface area contributed by atoms with Crippen LogP contribution < -0.4 is 15.4 Å². The van der Waals surface area contributed by atoms with Gasteiger partial charge in [-0.1, -0.05) is 12.1 Å². The summed E-state index contributed by atoms with van der Waals surface area (Å²) in [4.78, 5) is 29.6. The Morgan fingerprint density at radius 1 is 1.20 bits per heavy atom. The summed E-state index contributed by atoms with van der Waals surface area (Å²) in [6.45, 7) is 6.01. The van der Waals surface area contributed by atoms with Crippen LogP contribution in [-0.2, 0) is 14.3 Å². The van der Waals surface area contributed by atoms with E-state index in [1.165, 1.54) is 12.1 Å². The van der Waals surface area contributed by atoms with E-state index in [-0.39, 0.29) is 24.9 Å². The van der Waals surface area contributed by atoms with Crippen molar-refractivity contribution in [3.8, 4) is 28.4 Å².